The number of likely N-dealkylation sites (tertiary alicyclic amines) is 1. The third-order valence-corrected chi connectivity index (χ3v) is 10.8. The molecule has 0 bridgehead atoms. The summed E-state index contributed by atoms with van der Waals surface area (Å²) in [5, 5.41) is 11.3. The minimum Gasteiger partial charge on any atom is -0.507 e. The van der Waals surface area contributed by atoms with Gasteiger partial charge in [0.05, 0.1) is 28.9 Å². The molecule has 0 unspecified atom stereocenters. The Morgan fingerprint density at radius 2 is 1.59 bits per heavy atom. The topological polar surface area (TPSA) is 95.0 Å². The van der Waals surface area contributed by atoms with Gasteiger partial charge in [-0.05, 0) is 63.1 Å². The number of fused-ring (bicyclic) bond motifs is 4. The summed E-state index contributed by atoms with van der Waals surface area (Å²) in [6, 6.07) is 14.5. The van der Waals surface area contributed by atoms with Crippen molar-refractivity contribution in [2.45, 2.75) is 70.8 Å². The lowest BCUT2D eigenvalue weighted by molar-refractivity contribution is -0.144. The van der Waals surface area contributed by atoms with Crippen LogP contribution in [0.25, 0.3) is 0 Å². The normalized spacial score (nSPS) is 33.5. The van der Waals surface area contributed by atoms with Gasteiger partial charge in [-0.15, -0.1) is 0 Å². The molecule has 3 aliphatic carbocycles. The van der Waals surface area contributed by atoms with Crippen LogP contribution in [0.2, 0.25) is 0 Å². The Balaban J connectivity index is 1.37. The summed E-state index contributed by atoms with van der Waals surface area (Å²) >= 11 is 0. The maximum atomic E-state index is 14.4. The lowest BCUT2D eigenvalue weighted by Crippen LogP contribution is -2.49. The number of anilines is 1. The van der Waals surface area contributed by atoms with E-state index >= 15 is 0 Å². The molecule has 7 rings (SSSR count). The Morgan fingerprint density at radius 3 is 2.32 bits per heavy atom. The van der Waals surface area contributed by atoms with Gasteiger partial charge in [-0.2, -0.15) is 0 Å². The summed E-state index contributed by atoms with van der Waals surface area (Å²) in [5.41, 5.74) is 1.57. The van der Waals surface area contributed by atoms with Gasteiger partial charge in [0.15, 0.2) is 0 Å². The second kappa shape index (κ2) is 9.40. The lowest BCUT2D eigenvalue weighted by atomic mass is 9.51. The van der Waals surface area contributed by atoms with Crippen molar-refractivity contribution in [3.8, 4) is 5.75 Å². The van der Waals surface area contributed by atoms with Gasteiger partial charge < -0.3 is 5.11 Å². The summed E-state index contributed by atoms with van der Waals surface area (Å²) in [6.45, 7) is 3.68. The van der Waals surface area contributed by atoms with Crippen molar-refractivity contribution in [3.05, 3.63) is 71.3 Å². The molecule has 5 aliphatic rings. The molecule has 4 fully saturated rings. The van der Waals surface area contributed by atoms with Crippen LogP contribution in [-0.4, -0.2) is 39.7 Å². The number of hydrogen-bond donors (Lipinski definition) is 1. The number of hydrogen-bond acceptors (Lipinski definition) is 5. The van der Waals surface area contributed by atoms with Crippen LogP contribution in [-0.2, 0) is 19.2 Å². The van der Waals surface area contributed by atoms with E-state index in [9.17, 15) is 24.3 Å². The number of carbonyl (C=O) groups is 4. The van der Waals surface area contributed by atoms with Gasteiger partial charge in [-0.25, -0.2) is 4.90 Å². The highest BCUT2D eigenvalue weighted by Crippen LogP contribution is 2.64. The van der Waals surface area contributed by atoms with E-state index in [2.05, 4.69) is 6.08 Å². The average Bonchev–Trinajstić information content (AvgIpc) is 3.35. The predicted molar refractivity (Wildman–Crippen MR) is 153 cm³/mol. The molecule has 2 saturated heterocycles. The van der Waals surface area contributed by atoms with Crippen LogP contribution >= 0.6 is 0 Å². The van der Waals surface area contributed by atoms with Crippen LogP contribution in [0.15, 0.2) is 60.2 Å². The molecule has 2 aliphatic heterocycles. The number of phenols is 1. The fourth-order valence-electron chi connectivity index (χ4n) is 8.82. The number of benzene rings is 2. The van der Waals surface area contributed by atoms with Crippen molar-refractivity contribution in [2.24, 2.45) is 29.1 Å². The number of imide groups is 2. The van der Waals surface area contributed by atoms with Gasteiger partial charge >= 0.3 is 0 Å². The number of phenolic OH excluding ortho intramolecular Hbond substituents is 1. The quantitative estimate of drug-likeness (QED) is 0.414. The smallest absolute Gasteiger partial charge is 0.241 e. The van der Waals surface area contributed by atoms with Crippen LogP contribution in [0, 0.1) is 36.0 Å². The number of allylic oxidation sites excluding steroid dienone is 2. The first-order valence-electron chi connectivity index (χ1n) is 15.0. The molecular formula is C34H36N2O5. The Labute approximate surface area is 240 Å². The van der Waals surface area contributed by atoms with Crippen molar-refractivity contribution < 1.29 is 24.3 Å². The molecule has 6 atom stereocenters. The molecule has 2 aromatic carbocycles. The van der Waals surface area contributed by atoms with Crippen molar-refractivity contribution in [1.29, 1.82) is 0 Å². The number of aryl methyl sites for hydroxylation is 1. The third kappa shape index (κ3) is 3.57. The standard InChI is InChI=1S/C34H36N2O5/c1-19-10-9-15-24(29(19)37)28-22-16-17-23-27(32(40)35(30(23)38)20-11-5-3-6-12-20)25(22)18-26-31(39)36(33(41)34(26,28)2)21-13-7-4-8-14-21/h4,7-10,13-16,20,23,25-28,37H,3,5-6,11-12,17-18H2,1-2H3/t23-,25+,26-,27-,28+,34+/m0/s1. The van der Waals surface area contributed by atoms with Crippen LogP contribution in [0.1, 0.15) is 68.9 Å². The molecule has 2 heterocycles. The zero-order valence-electron chi connectivity index (χ0n) is 23.6. The minimum absolute atomic E-state index is 0.0495. The molecule has 7 heteroatoms. The monoisotopic (exact) mass is 552 g/mol. The van der Waals surface area contributed by atoms with E-state index < -0.39 is 29.1 Å². The number of carbonyl (C=O) groups excluding carboxylic acids is 4. The summed E-state index contributed by atoms with van der Waals surface area (Å²) in [7, 11) is 0. The van der Waals surface area contributed by atoms with Crippen molar-refractivity contribution >= 4 is 29.3 Å². The van der Waals surface area contributed by atoms with Crippen LogP contribution in [0.4, 0.5) is 5.69 Å². The largest absolute Gasteiger partial charge is 0.507 e. The summed E-state index contributed by atoms with van der Waals surface area (Å²) in [6.07, 6.45) is 7.68. The second-order valence-corrected chi connectivity index (χ2v) is 12.8. The Kier molecular flexibility index (Phi) is 6.00. The molecule has 4 amide bonds. The maximum Gasteiger partial charge on any atom is 0.241 e. The zero-order valence-corrected chi connectivity index (χ0v) is 23.6. The van der Waals surface area contributed by atoms with Gasteiger partial charge in [-0.3, -0.25) is 24.1 Å². The first-order chi connectivity index (χ1) is 19.7. The van der Waals surface area contributed by atoms with Crippen LogP contribution < -0.4 is 4.90 Å². The van der Waals surface area contributed by atoms with E-state index in [0.29, 0.717) is 29.7 Å². The highest BCUT2D eigenvalue weighted by molar-refractivity contribution is 6.24. The lowest BCUT2D eigenvalue weighted by Gasteiger charge is -2.49. The molecule has 2 saturated carbocycles. The fraction of sp³-hybridized carbons (Fsp3) is 0.471. The molecule has 0 aromatic heterocycles. The van der Waals surface area contributed by atoms with Crippen molar-refractivity contribution in [3.63, 3.8) is 0 Å². The molecule has 2 aromatic rings. The number of rotatable bonds is 3. The SMILES string of the molecule is Cc1cccc([C@H]2C3=CC[C@@H]4C(=O)N(C5CCCCC5)C(=O)[C@@H]4[C@@H]3C[C@H]3C(=O)N(c4ccccc4)C(=O)[C@@]23C)c1O. The molecule has 7 nitrogen and oxygen atoms in total. The molecule has 212 valence electrons. The number of amides is 4. The first kappa shape index (κ1) is 26.2. The average molecular weight is 553 g/mol. The predicted octanol–water partition coefficient (Wildman–Crippen LogP) is 5.26. The molecule has 0 radical (unpaired) electrons. The van der Waals surface area contributed by atoms with Crippen molar-refractivity contribution in [1.82, 2.24) is 4.90 Å². The van der Waals surface area contributed by atoms with Crippen LogP contribution in [0.5, 0.6) is 5.75 Å². The minimum atomic E-state index is -1.15. The van der Waals surface area contributed by atoms with Gasteiger partial charge in [0.25, 0.3) is 0 Å². The van der Waals surface area contributed by atoms with E-state index in [-0.39, 0.29) is 41.3 Å². The second-order valence-electron chi connectivity index (χ2n) is 12.8. The van der Waals surface area contributed by atoms with E-state index in [1.54, 1.807) is 29.2 Å². The van der Waals surface area contributed by atoms with E-state index in [0.717, 1.165) is 37.7 Å². The zero-order chi connectivity index (χ0) is 28.6. The summed E-state index contributed by atoms with van der Waals surface area (Å²) < 4.78 is 0. The number of nitrogens with zero attached hydrogens (tertiary/aromatic N) is 2. The number of para-hydroxylation sites is 2. The maximum absolute atomic E-state index is 14.4. The molecule has 1 N–H and O–H groups in total. The Morgan fingerprint density at radius 1 is 0.854 bits per heavy atom. The van der Waals surface area contributed by atoms with Gasteiger partial charge in [0, 0.05) is 17.5 Å². The summed E-state index contributed by atoms with van der Waals surface area (Å²) in [4.78, 5) is 59.3. The van der Waals surface area contributed by atoms with Crippen LogP contribution in [0.3, 0.4) is 0 Å². The first-order valence-corrected chi connectivity index (χ1v) is 15.0. The molecular weight excluding hydrogens is 516 g/mol. The molecule has 0 spiro atoms. The fourth-order valence-corrected chi connectivity index (χ4v) is 8.82. The van der Waals surface area contributed by atoms with Gasteiger partial charge in [0.2, 0.25) is 23.6 Å². The highest BCUT2D eigenvalue weighted by atomic mass is 16.3. The van der Waals surface area contributed by atoms with Crippen molar-refractivity contribution in [2.75, 3.05) is 4.90 Å². The third-order valence-electron chi connectivity index (χ3n) is 10.8. The Bertz CT molecular complexity index is 1490. The van der Waals surface area contributed by atoms with Gasteiger partial charge in [0.1, 0.15) is 5.75 Å². The van der Waals surface area contributed by atoms with E-state index in [4.69, 9.17) is 0 Å². The van der Waals surface area contributed by atoms with E-state index in [1.165, 1.54) is 4.90 Å². The highest BCUT2D eigenvalue weighted by Gasteiger charge is 2.68. The summed E-state index contributed by atoms with van der Waals surface area (Å²) in [5.74, 6) is -3.27. The van der Waals surface area contributed by atoms with E-state index in [1.807, 2.05) is 38.1 Å². The molecule has 41 heavy (non-hydrogen) atoms. The Hall–Kier alpha value is -3.74. The van der Waals surface area contributed by atoms with Gasteiger partial charge in [-0.1, -0.05) is 67.3 Å². The number of aromatic hydroxyl groups is 1.